The number of hydrogen-bond acceptors (Lipinski definition) is 4. The first-order valence-electron chi connectivity index (χ1n) is 12.0. The van der Waals surface area contributed by atoms with E-state index in [1.165, 1.54) is 6.42 Å². The summed E-state index contributed by atoms with van der Waals surface area (Å²) in [4.78, 5) is 28.8. The number of carbonyl (C=O) groups excluding carboxylic acids is 2. The fourth-order valence-electron chi connectivity index (χ4n) is 5.56. The molecule has 2 amide bonds. The molecule has 6 nitrogen and oxygen atoms in total. The van der Waals surface area contributed by atoms with Crippen molar-refractivity contribution in [3.8, 4) is 11.5 Å². The Morgan fingerprint density at radius 3 is 2.61 bits per heavy atom. The minimum absolute atomic E-state index is 0.0276. The van der Waals surface area contributed by atoms with E-state index < -0.39 is 6.04 Å². The SMILES string of the molecule is CC(C)(CNC(=O)C1CC2CCCCC2N1C(=O)c1ccccc1)c1ccc2c(c1)OCO2. The summed E-state index contributed by atoms with van der Waals surface area (Å²) in [7, 11) is 0. The molecule has 1 saturated carbocycles. The normalized spacial score (nSPS) is 23.8. The third kappa shape index (κ3) is 4.19. The van der Waals surface area contributed by atoms with E-state index in [0.29, 0.717) is 18.0 Å². The quantitative estimate of drug-likeness (QED) is 0.741. The van der Waals surface area contributed by atoms with Gasteiger partial charge >= 0.3 is 0 Å². The number of carbonyl (C=O) groups is 2. The van der Waals surface area contributed by atoms with Gasteiger partial charge in [0.2, 0.25) is 12.7 Å². The van der Waals surface area contributed by atoms with Crippen molar-refractivity contribution in [2.24, 2.45) is 5.92 Å². The highest BCUT2D eigenvalue weighted by atomic mass is 16.7. The third-order valence-electron chi connectivity index (χ3n) is 7.50. The van der Waals surface area contributed by atoms with Gasteiger partial charge in [-0.2, -0.15) is 0 Å². The van der Waals surface area contributed by atoms with E-state index in [2.05, 4.69) is 19.2 Å². The molecule has 2 heterocycles. The molecule has 2 aromatic rings. The molecule has 33 heavy (non-hydrogen) atoms. The number of nitrogens with zero attached hydrogens (tertiary/aromatic N) is 1. The van der Waals surface area contributed by atoms with Crippen LogP contribution < -0.4 is 14.8 Å². The molecule has 6 heteroatoms. The molecule has 3 aliphatic rings. The van der Waals surface area contributed by atoms with Crippen LogP contribution in [0.5, 0.6) is 11.5 Å². The van der Waals surface area contributed by atoms with Crippen LogP contribution in [0.2, 0.25) is 0 Å². The van der Waals surface area contributed by atoms with Crippen molar-refractivity contribution in [3.63, 3.8) is 0 Å². The minimum atomic E-state index is -0.418. The molecular formula is C27H32N2O4. The number of amides is 2. The van der Waals surface area contributed by atoms with Gasteiger partial charge in [0, 0.05) is 23.6 Å². The van der Waals surface area contributed by atoms with E-state index in [9.17, 15) is 9.59 Å². The predicted octanol–water partition coefficient (Wildman–Crippen LogP) is 4.28. The Morgan fingerprint density at radius 1 is 1.03 bits per heavy atom. The smallest absolute Gasteiger partial charge is 0.254 e. The van der Waals surface area contributed by atoms with Gasteiger partial charge in [-0.25, -0.2) is 0 Å². The maximum atomic E-state index is 13.5. The maximum absolute atomic E-state index is 13.5. The van der Waals surface area contributed by atoms with Crippen molar-refractivity contribution >= 4 is 11.8 Å². The molecule has 2 aliphatic heterocycles. The van der Waals surface area contributed by atoms with Crippen LogP contribution in [-0.4, -0.2) is 42.1 Å². The molecule has 1 saturated heterocycles. The van der Waals surface area contributed by atoms with E-state index >= 15 is 0 Å². The second kappa shape index (κ2) is 8.73. The average molecular weight is 449 g/mol. The highest BCUT2D eigenvalue weighted by Crippen LogP contribution is 2.41. The molecular weight excluding hydrogens is 416 g/mol. The molecule has 1 aliphatic carbocycles. The topological polar surface area (TPSA) is 67.9 Å². The fraction of sp³-hybridized carbons (Fsp3) is 0.481. The van der Waals surface area contributed by atoms with Gasteiger partial charge in [-0.15, -0.1) is 0 Å². The van der Waals surface area contributed by atoms with E-state index in [4.69, 9.17) is 9.47 Å². The standard InChI is InChI=1S/C27H32N2O4/c1-27(2,20-12-13-23-24(15-20)33-17-32-23)16-28-25(30)22-14-19-10-6-7-11-21(19)29(22)26(31)18-8-4-3-5-9-18/h3-5,8-9,12-13,15,19,21-22H,6-7,10-11,14,16-17H2,1-2H3,(H,28,30). The van der Waals surface area contributed by atoms with Crippen LogP contribution in [0, 0.1) is 5.92 Å². The van der Waals surface area contributed by atoms with Crippen LogP contribution in [0.15, 0.2) is 48.5 Å². The summed E-state index contributed by atoms with van der Waals surface area (Å²) in [6.07, 6.45) is 5.12. The summed E-state index contributed by atoms with van der Waals surface area (Å²) in [6.45, 7) is 4.92. The third-order valence-corrected chi connectivity index (χ3v) is 7.50. The Bertz CT molecular complexity index is 1040. The molecule has 2 fully saturated rings. The highest BCUT2D eigenvalue weighted by Gasteiger charge is 2.47. The number of ether oxygens (including phenoxy) is 2. The van der Waals surface area contributed by atoms with Gasteiger partial charge < -0.3 is 19.7 Å². The second-order valence-electron chi connectivity index (χ2n) is 10.1. The lowest BCUT2D eigenvalue weighted by molar-refractivity contribution is -0.125. The monoisotopic (exact) mass is 448 g/mol. The van der Waals surface area contributed by atoms with Gasteiger partial charge in [-0.05, 0) is 55.0 Å². The molecule has 0 radical (unpaired) electrons. The Hall–Kier alpha value is -3.02. The number of benzene rings is 2. The van der Waals surface area contributed by atoms with Crippen LogP contribution in [0.1, 0.15) is 61.9 Å². The van der Waals surface area contributed by atoms with Crippen LogP contribution >= 0.6 is 0 Å². The first kappa shape index (κ1) is 21.8. The summed E-state index contributed by atoms with van der Waals surface area (Å²) in [5.74, 6) is 1.82. The van der Waals surface area contributed by atoms with Gasteiger partial charge in [0.1, 0.15) is 6.04 Å². The number of nitrogens with one attached hydrogen (secondary N) is 1. The Balaban J connectivity index is 1.32. The number of hydrogen-bond donors (Lipinski definition) is 1. The molecule has 3 atom stereocenters. The first-order valence-corrected chi connectivity index (χ1v) is 12.0. The Labute approximate surface area is 195 Å². The van der Waals surface area contributed by atoms with E-state index in [-0.39, 0.29) is 30.1 Å². The molecule has 3 unspecified atom stereocenters. The molecule has 0 bridgehead atoms. The molecule has 0 spiro atoms. The molecule has 174 valence electrons. The van der Waals surface area contributed by atoms with Gasteiger partial charge in [-0.1, -0.05) is 51.0 Å². The van der Waals surface area contributed by atoms with Crippen LogP contribution in [0.3, 0.4) is 0 Å². The van der Waals surface area contributed by atoms with Crippen molar-refractivity contribution in [3.05, 3.63) is 59.7 Å². The zero-order chi connectivity index (χ0) is 23.0. The van der Waals surface area contributed by atoms with Crippen molar-refractivity contribution < 1.29 is 19.1 Å². The van der Waals surface area contributed by atoms with E-state index in [1.54, 1.807) is 0 Å². The average Bonchev–Trinajstić information content (AvgIpc) is 3.47. The summed E-state index contributed by atoms with van der Waals surface area (Å²) in [6, 6.07) is 15.0. The summed E-state index contributed by atoms with van der Waals surface area (Å²) < 4.78 is 10.9. The van der Waals surface area contributed by atoms with Crippen molar-refractivity contribution in [1.29, 1.82) is 0 Å². The van der Waals surface area contributed by atoms with Gasteiger partial charge in [0.25, 0.3) is 5.91 Å². The van der Waals surface area contributed by atoms with E-state index in [1.807, 2.05) is 53.4 Å². The number of rotatable bonds is 5. The molecule has 2 aromatic carbocycles. The summed E-state index contributed by atoms with van der Waals surface area (Å²) in [5.41, 5.74) is 1.43. The van der Waals surface area contributed by atoms with Crippen LogP contribution in [0.25, 0.3) is 0 Å². The van der Waals surface area contributed by atoms with Crippen molar-refractivity contribution in [2.45, 2.75) is 63.5 Å². The lowest BCUT2D eigenvalue weighted by Crippen LogP contribution is -2.51. The maximum Gasteiger partial charge on any atom is 0.254 e. The van der Waals surface area contributed by atoms with Crippen LogP contribution in [0.4, 0.5) is 0 Å². The van der Waals surface area contributed by atoms with Gasteiger partial charge in [0.15, 0.2) is 11.5 Å². The van der Waals surface area contributed by atoms with Gasteiger partial charge in [0.05, 0.1) is 0 Å². The molecule has 5 rings (SSSR count). The Kier molecular flexibility index (Phi) is 5.77. The summed E-state index contributed by atoms with van der Waals surface area (Å²) >= 11 is 0. The van der Waals surface area contributed by atoms with Crippen molar-refractivity contribution in [2.75, 3.05) is 13.3 Å². The highest BCUT2D eigenvalue weighted by molar-refractivity contribution is 5.98. The minimum Gasteiger partial charge on any atom is -0.454 e. The Morgan fingerprint density at radius 2 is 1.79 bits per heavy atom. The lowest BCUT2D eigenvalue weighted by Gasteiger charge is -2.34. The number of fused-ring (bicyclic) bond motifs is 2. The largest absolute Gasteiger partial charge is 0.454 e. The first-order chi connectivity index (χ1) is 15.9. The molecule has 0 aromatic heterocycles. The zero-order valence-electron chi connectivity index (χ0n) is 19.4. The fourth-order valence-corrected chi connectivity index (χ4v) is 5.56. The molecule has 1 N–H and O–H groups in total. The van der Waals surface area contributed by atoms with E-state index in [0.717, 1.165) is 42.7 Å². The van der Waals surface area contributed by atoms with Gasteiger partial charge in [-0.3, -0.25) is 9.59 Å². The summed E-state index contributed by atoms with van der Waals surface area (Å²) in [5, 5.41) is 3.17. The number of likely N-dealkylation sites (tertiary alicyclic amines) is 1. The van der Waals surface area contributed by atoms with Crippen LogP contribution in [-0.2, 0) is 10.2 Å². The zero-order valence-corrected chi connectivity index (χ0v) is 19.4. The van der Waals surface area contributed by atoms with Crippen molar-refractivity contribution in [1.82, 2.24) is 10.2 Å². The lowest BCUT2D eigenvalue weighted by atomic mass is 9.84. The second-order valence-corrected chi connectivity index (χ2v) is 10.1. The predicted molar refractivity (Wildman–Crippen MR) is 125 cm³/mol.